The van der Waals surface area contributed by atoms with Crippen LogP contribution in [-0.2, 0) is 4.79 Å². The molecular weight excluding hydrogens is 377 g/mol. The molecule has 0 spiro atoms. The van der Waals surface area contributed by atoms with Crippen LogP contribution < -0.4 is 10.6 Å². The Bertz CT molecular complexity index is 752. The first kappa shape index (κ1) is 20.3. The van der Waals surface area contributed by atoms with Crippen LogP contribution in [0.15, 0.2) is 47.1 Å². The molecule has 1 aromatic heterocycles. The second-order valence-electron chi connectivity index (χ2n) is 5.95. The van der Waals surface area contributed by atoms with Crippen molar-refractivity contribution in [3.63, 3.8) is 0 Å². The summed E-state index contributed by atoms with van der Waals surface area (Å²) < 4.78 is 5.06. The van der Waals surface area contributed by atoms with Gasteiger partial charge in [0.2, 0.25) is 5.91 Å². The zero-order valence-electron chi connectivity index (χ0n) is 14.3. The minimum atomic E-state index is -0.666. The van der Waals surface area contributed by atoms with Gasteiger partial charge in [0.25, 0.3) is 5.91 Å². The number of carbonyl (C=O) groups is 2. The van der Waals surface area contributed by atoms with Crippen molar-refractivity contribution < 1.29 is 14.0 Å². The van der Waals surface area contributed by atoms with Crippen LogP contribution in [0.5, 0.6) is 0 Å². The van der Waals surface area contributed by atoms with Gasteiger partial charge in [0.15, 0.2) is 5.76 Å². The predicted molar refractivity (Wildman–Crippen MR) is 102 cm³/mol. The Labute approximate surface area is 163 Å². The molecule has 6 nitrogen and oxygen atoms in total. The summed E-state index contributed by atoms with van der Waals surface area (Å²) in [5.74, 6) is -0.371. The third kappa shape index (κ3) is 4.38. The summed E-state index contributed by atoms with van der Waals surface area (Å²) in [6.45, 7) is 3.55. The molecule has 3 rings (SSSR count). The van der Waals surface area contributed by atoms with Gasteiger partial charge in [-0.25, -0.2) is 0 Å². The molecule has 0 radical (unpaired) electrons. The van der Waals surface area contributed by atoms with Crippen LogP contribution in [0, 0.1) is 0 Å². The maximum Gasteiger partial charge on any atom is 0.287 e. The number of piperazine rings is 1. The summed E-state index contributed by atoms with van der Waals surface area (Å²) in [7, 11) is 0. The summed E-state index contributed by atoms with van der Waals surface area (Å²) in [4.78, 5) is 26.8. The summed E-state index contributed by atoms with van der Waals surface area (Å²) in [6, 6.07) is 9.86. The summed E-state index contributed by atoms with van der Waals surface area (Å²) >= 11 is 6.31. The van der Waals surface area contributed by atoms with Crippen LogP contribution in [0.4, 0.5) is 0 Å². The molecule has 2 N–H and O–H groups in total. The highest BCUT2D eigenvalue weighted by molar-refractivity contribution is 6.31. The summed E-state index contributed by atoms with van der Waals surface area (Å²) in [6.07, 6.45) is 1.42. The topological polar surface area (TPSA) is 74.6 Å². The van der Waals surface area contributed by atoms with Gasteiger partial charge in [0, 0.05) is 24.7 Å². The fourth-order valence-electron chi connectivity index (χ4n) is 2.98. The SMILES string of the molecule is CC(NC(=O)c1ccco1)C(=O)N1CCNCC1c1ccccc1Cl.Cl. The Balaban J connectivity index is 0.00000243. The first-order chi connectivity index (χ1) is 12.1. The first-order valence-corrected chi connectivity index (χ1v) is 8.55. The lowest BCUT2D eigenvalue weighted by Gasteiger charge is -2.38. The number of halogens is 2. The normalized spacial score (nSPS) is 17.9. The molecule has 0 saturated carbocycles. The molecule has 26 heavy (non-hydrogen) atoms. The zero-order valence-corrected chi connectivity index (χ0v) is 15.8. The highest BCUT2D eigenvalue weighted by atomic mass is 35.5. The van der Waals surface area contributed by atoms with Gasteiger partial charge in [-0.2, -0.15) is 0 Å². The van der Waals surface area contributed by atoms with Crippen molar-refractivity contribution >= 4 is 35.8 Å². The van der Waals surface area contributed by atoms with Gasteiger partial charge in [-0.3, -0.25) is 9.59 Å². The second kappa shape index (κ2) is 9.07. The fourth-order valence-corrected chi connectivity index (χ4v) is 3.24. The van der Waals surface area contributed by atoms with E-state index in [0.717, 1.165) is 5.56 Å². The van der Waals surface area contributed by atoms with E-state index in [1.165, 1.54) is 6.26 Å². The quantitative estimate of drug-likeness (QED) is 0.831. The number of rotatable bonds is 4. The number of hydrogen-bond donors (Lipinski definition) is 2. The maximum absolute atomic E-state index is 12.9. The Morgan fingerprint density at radius 2 is 2.08 bits per heavy atom. The van der Waals surface area contributed by atoms with Crippen LogP contribution in [0.3, 0.4) is 0 Å². The van der Waals surface area contributed by atoms with Crippen LogP contribution in [-0.4, -0.2) is 42.4 Å². The molecule has 2 atom stereocenters. The number of furan rings is 1. The number of nitrogens with one attached hydrogen (secondary N) is 2. The number of amides is 2. The van der Waals surface area contributed by atoms with Gasteiger partial charge in [0.05, 0.1) is 12.3 Å². The Kier molecular flexibility index (Phi) is 7.08. The Morgan fingerprint density at radius 1 is 1.31 bits per heavy atom. The van der Waals surface area contributed by atoms with Gasteiger partial charge in [-0.05, 0) is 30.7 Å². The summed E-state index contributed by atoms with van der Waals surface area (Å²) in [5, 5.41) is 6.61. The molecule has 140 valence electrons. The van der Waals surface area contributed by atoms with Gasteiger partial charge in [-0.1, -0.05) is 29.8 Å². The molecular formula is C18H21Cl2N3O3. The van der Waals surface area contributed by atoms with Crippen molar-refractivity contribution in [3.8, 4) is 0 Å². The van der Waals surface area contributed by atoms with E-state index in [1.54, 1.807) is 24.0 Å². The highest BCUT2D eigenvalue weighted by Crippen LogP contribution is 2.28. The van der Waals surface area contributed by atoms with E-state index >= 15 is 0 Å². The van der Waals surface area contributed by atoms with E-state index in [2.05, 4.69) is 10.6 Å². The van der Waals surface area contributed by atoms with Crippen molar-refractivity contribution in [3.05, 3.63) is 59.0 Å². The molecule has 1 saturated heterocycles. The number of benzene rings is 1. The lowest BCUT2D eigenvalue weighted by molar-refractivity contribution is -0.136. The van der Waals surface area contributed by atoms with Crippen molar-refractivity contribution in [1.29, 1.82) is 0 Å². The van der Waals surface area contributed by atoms with E-state index in [1.807, 2.05) is 24.3 Å². The molecule has 1 aromatic carbocycles. The summed E-state index contributed by atoms with van der Waals surface area (Å²) in [5.41, 5.74) is 0.897. The van der Waals surface area contributed by atoms with Gasteiger partial charge in [0.1, 0.15) is 6.04 Å². The van der Waals surface area contributed by atoms with E-state index in [0.29, 0.717) is 24.7 Å². The van der Waals surface area contributed by atoms with Crippen LogP contribution in [0.25, 0.3) is 0 Å². The Morgan fingerprint density at radius 3 is 2.77 bits per heavy atom. The molecule has 8 heteroatoms. The van der Waals surface area contributed by atoms with Crippen molar-refractivity contribution in [1.82, 2.24) is 15.5 Å². The van der Waals surface area contributed by atoms with Crippen LogP contribution >= 0.6 is 24.0 Å². The smallest absolute Gasteiger partial charge is 0.287 e. The second-order valence-corrected chi connectivity index (χ2v) is 6.35. The predicted octanol–water partition coefficient (Wildman–Crippen LogP) is 2.65. The first-order valence-electron chi connectivity index (χ1n) is 8.18. The van der Waals surface area contributed by atoms with Gasteiger partial charge >= 0.3 is 0 Å². The average molecular weight is 398 g/mol. The largest absolute Gasteiger partial charge is 0.459 e. The molecule has 2 unspecified atom stereocenters. The van der Waals surface area contributed by atoms with Gasteiger partial charge < -0.3 is 20.0 Å². The monoisotopic (exact) mass is 397 g/mol. The molecule has 2 aromatic rings. The molecule has 1 fully saturated rings. The zero-order chi connectivity index (χ0) is 17.8. The molecule has 2 amide bonds. The standard InChI is InChI=1S/C18H20ClN3O3.ClH/c1-12(21-17(23)16-7-4-10-25-16)18(24)22-9-8-20-11-15(22)13-5-2-3-6-14(13)19;/h2-7,10,12,15,20H,8-9,11H2,1H3,(H,21,23);1H. The van der Waals surface area contributed by atoms with Gasteiger partial charge in [-0.15, -0.1) is 12.4 Å². The third-order valence-electron chi connectivity index (χ3n) is 4.25. The minimum absolute atomic E-state index is 0. The lowest BCUT2D eigenvalue weighted by atomic mass is 10.0. The van der Waals surface area contributed by atoms with Crippen molar-refractivity contribution in [2.75, 3.05) is 19.6 Å². The Hall–Kier alpha value is -2.02. The van der Waals surface area contributed by atoms with E-state index in [9.17, 15) is 9.59 Å². The number of hydrogen-bond acceptors (Lipinski definition) is 4. The molecule has 0 aliphatic carbocycles. The maximum atomic E-state index is 12.9. The molecule has 0 bridgehead atoms. The van der Waals surface area contributed by atoms with E-state index < -0.39 is 11.9 Å². The van der Waals surface area contributed by atoms with E-state index in [-0.39, 0.29) is 30.1 Å². The third-order valence-corrected chi connectivity index (χ3v) is 4.60. The lowest BCUT2D eigenvalue weighted by Crippen LogP contribution is -2.54. The highest BCUT2D eigenvalue weighted by Gasteiger charge is 2.32. The van der Waals surface area contributed by atoms with Crippen molar-refractivity contribution in [2.45, 2.75) is 19.0 Å². The number of carbonyl (C=O) groups excluding carboxylic acids is 2. The van der Waals surface area contributed by atoms with Crippen molar-refractivity contribution in [2.24, 2.45) is 0 Å². The molecule has 1 aliphatic rings. The molecule has 1 aliphatic heterocycles. The number of nitrogens with zero attached hydrogens (tertiary/aromatic N) is 1. The molecule has 2 heterocycles. The fraction of sp³-hybridized carbons (Fsp3) is 0.333. The van der Waals surface area contributed by atoms with Crippen LogP contribution in [0.1, 0.15) is 29.1 Å². The van der Waals surface area contributed by atoms with E-state index in [4.69, 9.17) is 16.0 Å². The average Bonchev–Trinajstić information content (AvgIpc) is 3.16. The minimum Gasteiger partial charge on any atom is -0.459 e. The van der Waals surface area contributed by atoms with Crippen LogP contribution in [0.2, 0.25) is 5.02 Å².